The van der Waals surface area contributed by atoms with E-state index < -0.39 is 0 Å². The smallest absolute Gasteiger partial charge is 0.0620 e. The maximum absolute atomic E-state index is 2.47. The van der Waals surface area contributed by atoms with E-state index in [0.717, 1.165) is 11.4 Å². The first-order valence-corrected chi connectivity index (χ1v) is 17.5. The number of rotatable bonds is 4. The van der Waals surface area contributed by atoms with E-state index >= 15 is 0 Å². The number of aromatic nitrogens is 3. The van der Waals surface area contributed by atoms with E-state index in [2.05, 4.69) is 202 Å². The molecule has 0 fully saturated rings. The highest BCUT2D eigenvalue weighted by molar-refractivity contribution is 6.20. The molecule has 0 saturated heterocycles. The van der Waals surface area contributed by atoms with Gasteiger partial charge < -0.3 is 13.7 Å². The zero-order chi connectivity index (χ0) is 33.5. The molecule has 3 aromatic heterocycles. The molecule has 11 aromatic rings. The van der Waals surface area contributed by atoms with Crippen molar-refractivity contribution in [3.8, 4) is 28.2 Å². The van der Waals surface area contributed by atoms with Gasteiger partial charge in [0.25, 0.3) is 0 Å². The van der Waals surface area contributed by atoms with Crippen molar-refractivity contribution in [2.75, 3.05) is 0 Å². The molecule has 0 radical (unpaired) electrons. The first-order valence-electron chi connectivity index (χ1n) is 17.5. The summed E-state index contributed by atoms with van der Waals surface area (Å²) in [5.74, 6) is 0. The Morgan fingerprint density at radius 2 is 0.941 bits per heavy atom. The van der Waals surface area contributed by atoms with Crippen LogP contribution in [0.3, 0.4) is 0 Å². The van der Waals surface area contributed by atoms with Gasteiger partial charge in [0.15, 0.2) is 0 Å². The van der Waals surface area contributed by atoms with E-state index in [-0.39, 0.29) is 0 Å². The van der Waals surface area contributed by atoms with Crippen molar-refractivity contribution in [3.63, 3.8) is 0 Å². The van der Waals surface area contributed by atoms with E-state index in [1.165, 1.54) is 82.1 Å². The topological polar surface area (TPSA) is 14.8 Å². The Bertz CT molecular complexity index is 3120. The van der Waals surface area contributed by atoms with E-state index in [0.29, 0.717) is 0 Å². The molecule has 0 bridgehead atoms. The first-order chi connectivity index (χ1) is 25.3. The van der Waals surface area contributed by atoms with Crippen LogP contribution in [0.15, 0.2) is 188 Å². The number of hydrogen-bond acceptors (Lipinski definition) is 0. The number of benzene rings is 8. The van der Waals surface area contributed by atoms with Crippen molar-refractivity contribution in [2.24, 2.45) is 0 Å². The fraction of sp³-hybridized carbons (Fsp3) is 0. The van der Waals surface area contributed by atoms with Crippen molar-refractivity contribution in [3.05, 3.63) is 188 Å². The summed E-state index contributed by atoms with van der Waals surface area (Å²) in [6, 6.07) is 66.3. The van der Waals surface area contributed by atoms with Crippen LogP contribution in [0.1, 0.15) is 0 Å². The third kappa shape index (κ3) is 4.19. The van der Waals surface area contributed by atoms with Crippen LogP contribution in [0.25, 0.3) is 93.5 Å². The minimum atomic E-state index is 1.15. The second-order valence-electron chi connectivity index (χ2n) is 13.4. The van der Waals surface area contributed by atoms with Crippen LogP contribution in [-0.4, -0.2) is 13.7 Å². The van der Waals surface area contributed by atoms with Crippen LogP contribution in [0.2, 0.25) is 0 Å². The molecule has 0 aliphatic heterocycles. The van der Waals surface area contributed by atoms with Gasteiger partial charge in [-0.3, -0.25) is 0 Å². The molecule has 0 aliphatic carbocycles. The molecule has 0 N–H and O–H groups in total. The van der Waals surface area contributed by atoms with Gasteiger partial charge in [-0.15, -0.1) is 0 Å². The minimum absolute atomic E-state index is 1.15. The van der Waals surface area contributed by atoms with Gasteiger partial charge in [0.05, 0.1) is 27.6 Å². The predicted octanol–water partition coefficient (Wildman–Crippen LogP) is 12.6. The van der Waals surface area contributed by atoms with Crippen LogP contribution in [-0.2, 0) is 0 Å². The molecule has 238 valence electrons. The number of para-hydroxylation sites is 4. The Labute approximate surface area is 294 Å². The minimum Gasteiger partial charge on any atom is -0.317 e. The zero-order valence-corrected chi connectivity index (χ0v) is 27.7. The lowest BCUT2D eigenvalue weighted by Gasteiger charge is -2.13. The molecular formula is C48H31N3. The molecule has 3 heterocycles. The molecule has 3 nitrogen and oxygen atoms in total. The Morgan fingerprint density at radius 1 is 0.294 bits per heavy atom. The molecule has 0 spiro atoms. The molecule has 51 heavy (non-hydrogen) atoms. The highest BCUT2D eigenvalue weighted by Gasteiger charge is 2.18. The van der Waals surface area contributed by atoms with Gasteiger partial charge >= 0.3 is 0 Å². The predicted molar refractivity (Wildman–Crippen MR) is 215 cm³/mol. The third-order valence-corrected chi connectivity index (χ3v) is 10.6. The van der Waals surface area contributed by atoms with Gasteiger partial charge in [0.1, 0.15) is 0 Å². The molecule has 0 atom stereocenters. The summed E-state index contributed by atoms with van der Waals surface area (Å²) in [6.45, 7) is 0. The van der Waals surface area contributed by atoms with Crippen LogP contribution in [0.5, 0.6) is 0 Å². The summed E-state index contributed by atoms with van der Waals surface area (Å²) in [7, 11) is 0. The number of nitrogens with zero attached hydrogens (tertiary/aromatic N) is 3. The molecule has 0 saturated carbocycles. The van der Waals surface area contributed by atoms with Crippen molar-refractivity contribution < 1.29 is 0 Å². The summed E-state index contributed by atoms with van der Waals surface area (Å²) in [6.07, 6.45) is 2.18. The Morgan fingerprint density at radius 3 is 1.75 bits per heavy atom. The van der Waals surface area contributed by atoms with Gasteiger partial charge in [-0.1, -0.05) is 103 Å². The SMILES string of the molecule is c1ccc(-n2ccc3cc4ccc5c6ccccc6n(-c6cccc(-c7ccc8c(c7)c7ccccc7n8-c7ccccc7)c6)c5c4cc32)cc1. The highest BCUT2D eigenvalue weighted by Crippen LogP contribution is 2.40. The molecular weight excluding hydrogens is 619 g/mol. The van der Waals surface area contributed by atoms with Gasteiger partial charge in [0.2, 0.25) is 0 Å². The second-order valence-corrected chi connectivity index (χ2v) is 13.4. The Balaban J connectivity index is 1.14. The molecule has 0 amide bonds. The lowest BCUT2D eigenvalue weighted by Crippen LogP contribution is -1.96. The van der Waals surface area contributed by atoms with Crippen LogP contribution >= 0.6 is 0 Å². The van der Waals surface area contributed by atoms with Crippen molar-refractivity contribution in [1.29, 1.82) is 0 Å². The number of fused-ring (bicyclic) bond motifs is 9. The largest absolute Gasteiger partial charge is 0.317 e. The summed E-state index contributed by atoms with van der Waals surface area (Å²) < 4.78 is 7.14. The molecule has 0 aliphatic rings. The Hall–Kier alpha value is -6.84. The lowest BCUT2D eigenvalue weighted by molar-refractivity contribution is 1.13. The van der Waals surface area contributed by atoms with E-state index in [1.807, 2.05) is 0 Å². The van der Waals surface area contributed by atoms with Gasteiger partial charge in [0, 0.05) is 55.6 Å². The van der Waals surface area contributed by atoms with Crippen LogP contribution in [0, 0.1) is 0 Å². The van der Waals surface area contributed by atoms with Crippen molar-refractivity contribution in [1.82, 2.24) is 13.7 Å². The molecule has 0 unspecified atom stereocenters. The standard InChI is InChI=1S/C48H31N3/c1-3-13-36(14-4-1)49-27-26-35-28-34-22-24-41-39-18-7-10-21-45(39)51(48(41)42(34)31-47(35)49)38-17-11-12-32(29-38)33-23-25-46-43(30-33)40-19-8-9-20-44(40)50(46)37-15-5-2-6-16-37/h1-31H. The third-order valence-electron chi connectivity index (χ3n) is 10.6. The first kappa shape index (κ1) is 28.0. The Kier molecular flexibility index (Phi) is 5.96. The fourth-order valence-electron chi connectivity index (χ4n) is 8.33. The zero-order valence-electron chi connectivity index (χ0n) is 27.7. The second kappa shape index (κ2) is 10.8. The normalized spacial score (nSPS) is 11.9. The fourth-order valence-corrected chi connectivity index (χ4v) is 8.33. The maximum atomic E-state index is 2.47. The summed E-state index contributed by atoms with van der Waals surface area (Å²) in [5.41, 5.74) is 11.9. The monoisotopic (exact) mass is 649 g/mol. The van der Waals surface area contributed by atoms with Crippen LogP contribution < -0.4 is 0 Å². The number of hydrogen-bond donors (Lipinski definition) is 0. The lowest BCUT2D eigenvalue weighted by atomic mass is 10.0. The van der Waals surface area contributed by atoms with E-state index in [1.54, 1.807) is 0 Å². The van der Waals surface area contributed by atoms with Gasteiger partial charge in [-0.05, 0) is 95.4 Å². The molecule has 11 rings (SSSR count). The van der Waals surface area contributed by atoms with Crippen molar-refractivity contribution in [2.45, 2.75) is 0 Å². The average molecular weight is 650 g/mol. The van der Waals surface area contributed by atoms with Crippen molar-refractivity contribution >= 4 is 65.3 Å². The molecule has 8 aromatic carbocycles. The van der Waals surface area contributed by atoms with Gasteiger partial charge in [-0.25, -0.2) is 0 Å². The molecule has 3 heteroatoms. The van der Waals surface area contributed by atoms with E-state index in [9.17, 15) is 0 Å². The maximum Gasteiger partial charge on any atom is 0.0620 e. The highest BCUT2D eigenvalue weighted by atomic mass is 15.0. The summed E-state index contributed by atoms with van der Waals surface area (Å²) >= 11 is 0. The van der Waals surface area contributed by atoms with E-state index in [4.69, 9.17) is 0 Å². The summed E-state index contributed by atoms with van der Waals surface area (Å²) in [4.78, 5) is 0. The van der Waals surface area contributed by atoms with Crippen LogP contribution in [0.4, 0.5) is 0 Å². The van der Waals surface area contributed by atoms with Gasteiger partial charge in [-0.2, -0.15) is 0 Å². The average Bonchev–Trinajstić information content (AvgIpc) is 3.87. The quantitative estimate of drug-likeness (QED) is 0.180. The summed E-state index contributed by atoms with van der Waals surface area (Å²) in [5, 5.41) is 8.75.